The minimum atomic E-state index is -0.345. The first-order chi connectivity index (χ1) is 15.6. The second-order valence-electron chi connectivity index (χ2n) is 7.61. The maximum atomic E-state index is 13.8. The highest BCUT2D eigenvalue weighted by atomic mass is 32.2. The molecule has 1 fully saturated rings. The highest BCUT2D eigenvalue weighted by Crippen LogP contribution is 2.46. The number of anilines is 1. The molecule has 0 amide bonds. The van der Waals surface area contributed by atoms with Crippen molar-refractivity contribution < 1.29 is 9.13 Å². The molecule has 1 aromatic carbocycles. The van der Waals surface area contributed by atoms with E-state index in [0.717, 1.165) is 51.5 Å². The van der Waals surface area contributed by atoms with Gasteiger partial charge in [-0.15, -0.1) is 23.1 Å². The van der Waals surface area contributed by atoms with Gasteiger partial charge in [-0.2, -0.15) is 5.10 Å². The molecule has 1 saturated heterocycles. The largest absolute Gasteiger partial charge is 0.496 e. The van der Waals surface area contributed by atoms with E-state index in [0.29, 0.717) is 29.0 Å². The Morgan fingerprint density at radius 2 is 2.12 bits per heavy atom. The van der Waals surface area contributed by atoms with E-state index in [4.69, 9.17) is 20.6 Å². The fourth-order valence-electron chi connectivity index (χ4n) is 4.08. The Morgan fingerprint density at radius 3 is 2.88 bits per heavy atom. The van der Waals surface area contributed by atoms with Crippen LogP contribution in [0, 0.1) is 5.82 Å². The average molecular weight is 471 g/mol. The Morgan fingerprint density at radius 1 is 1.31 bits per heavy atom. The van der Waals surface area contributed by atoms with Gasteiger partial charge in [0.2, 0.25) is 0 Å². The first-order valence-electron chi connectivity index (χ1n) is 10.3. The number of hydrogen-bond acceptors (Lipinski definition) is 8. The minimum absolute atomic E-state index is 0.319. The molecule has 32 heavy (non-hydrogen) atoms. The lowest BCUT2D eigenvalue weighted by atomic mass is 10.1. The second kappa shape index (κ2) is 8.68. The zero-order valence-corrected chi connectivity index (χ0v) is 19.4. The van der Waals surface area contributed by atoms with Gasteiger partial charge in [-0.05, 0) is 44.3 Å². The molecule has 1 aliphatic heterocycles. The molecule has 7 nitrogen and oxygen atoms in total. The number of fused-ring (bicyclic) bond motifs is 1. The summed E-state index contributed by atoms with van der Waals surface area (Å²) in [5.41, 5.74) is 9.95. The number of hydrogen-bond donors (Lipinski definition) is 2. The number of benzene rings is 1. The third kappa shape index (κ3) is 3.72. The summed E-state index contributed by atoms with van der Waals surface area (Å²) in [4.78, 5) is 9.44. The first kappa shape index (κ1) is 21.2. The zero-order chi connectivity index (χ0) is 22.2. The van der Waals surface area contributed by atoms with Crippen molar-refractivity contribution in [3.63, 3.8) is 0 Å². The first-order valence-corrected chi connectivity index (χ1v) is 12.4. The molecule has 0 bridgehead atoms. The summed E-state index contributed by atoms with van der Waals surface area (Å²) in [5, 5.41) is 8.12. The number of ether oxygens (including phenoxy) is 1. The Labute approximate surface area is 193 Å². The van der Waals surface area contributed by atoms with Crippen LogP contribution in [0.2, 0.25) is 0 Å². The van der Waals surface area contributed by atoms with Crippen LogP contribution >= 0.6 is 23.1 Å². The Kier molecular flexibility index (Phi) is 5.75. The van der Waals surface area contributed by atoms with E-state index in [1.165, 1.54) is 12.1 Å². The third-order valence-corrected chi connectivity index (χ3v) is 7.91. The lowest BCUT2D eigenvalue weighted by Gasteiger charge is -2.22. The molecule has 1 aliphatic rings. The zero-order valence-electron chi connectivity index (χ0n) is 17.8. The van der Waals surface area contributed by atoms with Gasteiger partial charge < -0.3 is 15.8 Å². The van der Waals surface area contributed by atoms with E-state index in [1.807, 2.05) is 23.3 Å². The molecule has 0 unspecified atom stereocenters. The molecule has 0 saturated carbocycles. The van der Waals surface area contributed by atoms with Gasteiger partial charge in [0.25, 0.3) is 0 Å². The number of nitrogen functional groups attached to an aromatic ring is 1. The summed E-state index contributed by atoms with van der Waals surface area (Å²) < 4.78 is 23.2. The van der Waals surface area contributed by atoms with Crippen LogP contribution in [-0.2, 0) is 0 Å². The van der Waals surface area contributed by atoms with Crippen molar-refractivity contribution in [3.8, 4) is 28.4 Å². The van der Waals surface area contributed by atoms with Crippen LogP contribution in [0.1, 0.15) is 18.9 Å². The predicted octanol–water partition coefficient (Wildman–Crippen LogP) is 4.60. The number of thioether (sulfide) groups is 1. The van der Waals surface area contributed by atoms with Gasteiger partial charge in [0.05, 0.1) is 33.3 Å². The number of nitrogens with one attached hydrogen (secondary N) is 1. The van der Waals surface area contributed by atoms with Gasteiger partial charge in [0.1, 0.15) is 11.6 Å². The van der Waals surface area contributed by atoms with Crippen LogP contribution in [0.5, 0.6) is 5.75 Å². The van der Waals surface area contributed by atoms with Gasteiger partial charge in [0, 0.05) is 29.6 Å². The van der Waals surface area contributed by atoms with Crippen LogP contribution in [0.4, 0.5) is 10.1 Å². The van der Waals surface area contributed by atoms with Crippen molar-refractivity contribution in [2.45, 2.75) is 23.1 Å². The normalized spacial score (nSPS) is 14.8. The standard InChI is InChI=1S/C22H23FN6OS2/c1-30-16-9-12(23)3-4-14(16)18-20-17(32-22(18)31-2)10-26-21(27-20)19-15(24)11-29(28-19)13-5-7-25-8-6-13/h3-4,9-11,13,25H,5-8,24H2,1-2H3. The Balaban J connectivity index is 1.64. The summed E-state index contributed by atoms with van der Waals surface area (Å²) in [6.45, 7) is 1.94. The molecule has 4 heterocycles. The molecule has 4 aromatic rings. The van der Waals surface area contributed by atoms with Crippen molar-refractivity contribution in [2.24, 2.45) is 0 Å². The highest BCUT2D eigenvalue weighted by Gasteiger charge is 2.23. The van der Waals surface area contributed by atoms with Crippen LogP contribution in [0.15, 0.2) is 34.8 Å². The van der Waals surface area contributed by atoms with E-state index >= 15 is 0 Å². The van der Waals surface area contributed by atoms with Crippen molar-refractivity contribution in [1.29, 1.82) is 0 Å². The Bertz CT molecular complexity index is 1280. The fourth-order valence-corrected chi connectivity index (χ4v) is 5.95. The van der Waals surface area contributed by atoms with Crippen molar-refractivity contribution in [2.75, 3.05) is 32.2 Å². The molecule has 5 rings (SSSR count). The number of thiophene rings is 1. The van der Waals surface area contributed by atoms with E-state index in [-0.39, 0.29) is 5.82 Å². The van der Waals surface area contributed by atoms with E-state index < -0.39 is 0 Å². The van der Waals surface area contributed by atoms with E-state index in [2.05, 4.69) is 10.3 Å². The predicted molar refractivity (Wildman–Crippen MR) is 128 cm³/mol. The SMILES string of the molecule is COc1cc(F)ccc1-c1c(SC)sc2cnc(-c3nn(C4CCNCC4)cc3N)nc12. The summed E-state index contributed by atoms with van der Waals surface area (Å²) in [6.07, 6.45) is 7.72. The van der Waals surface area contributed by atoms with Crippen LogP contribution in [0.25, 0.3) is 32.9 Å². The number of aromatic nitrogens is 4. The minimum Gasteiger partial charge on any atom is -0.496 e. The number of piperidine rings is 1. The van der Waals surface area contributed by atoms with Gasteiger partial charge in [-0.25, -0.2) is 14.4 Å². The number of nitrogens with two attached hydrogens (primary N) is 1. The Hall–Kier alpha value is -2.69. The molecular weight excluding hydrogens is 447 g/mol. The quantitative estimate of drug-likeness (QED) is 0.412. The third-order valence-electron chi connectivity index (χ3n) is 5.67. The number of halogens is 1. The molecule has 3 N–H and O–H groups in total. The lowest BCUT2D eigenvalue weighted by Crippen LogP contribution is -2.29. The van der Waals surface area contributed by atoms with Crippen LogP contribution in [-0.4, -0.2) is 46.2 Å². The van der Waals surface area contributed by atoms with Gasteiger partial charge in [-0.3, -0.25) is 4.68 Å². The number of methoxy groups -OCH3 is 1. The number of nitrogens with zero attached hydrogens (tertiary/aromatic N) is 4. The molecule has 10 heteroatoms. The van der Waals surface area contributed by atoms with Crippen LogP contribution < -0.4 is 15.8 Å². The maximum Gasteiger partial charge on any atom is 0.182 e. The summed E-state index contributed by atoms with van der Waals surface area (Å²) in [5.74, 6) is 0.604. The molecule has 0 spiro atoms. The fraction of sp³-hybridized carbons (Fsp3) is 0.318. The number of rotatable bonds is 5. The molecule has 3 aromatic heterocycles. The van der Waals surface area contributed by atoms with Crippen molar-refractivity contribution in [3.05, 3.63) is 36.4 Å². The maximum absolute atomic E-state index is 13.8. The summed E-state index contributed by atoms with van der Waals surface area (Å²) in [6, 6.07) is 4.88. The summed E-state index contributed by atoms with van der Waals surface area (Å²) >= 11 is 3.22. The van der Waals surface area contributed by atoms with Crippen molar-refractivity contribution >= 4 is 39.0 Å². The van der Waals surface area contributed by atoms with E-state index in [9.17, 15) is 4.39 Å². The molecule has 166 valence electrons. The highest BCUT2D eigenvalue weighted by molar-refractivity contribution is 8.00. The van der Waals surface area contributed by atoms with Crippen molar-refractivity contribution in [1.82, 2.24) is 25.1 Å². The smallest absolute Gasteiger partial charge is 0.182 e. The average Bonchev–Trinajstić information content (AvgIpc) is 3.39. The van der Waals surface area contributed by atoms with E-state index in [1.54, 1.807) is 36.3 Å². The molecule has 0 aliphatic carbocycles. The van der Waals surface area contributed by atoms with Gasteiger partial charge >= 0.3 is 0 Å². The van der Waals surface area contributed by atoms with Gasteiger partial charge in [0.15, 0.2) is 11.5 Å². The second-order valence-corrected chi connectivity index (χ2v) is 9.74. The summed E-state index contributed by atoms with van der Waals surface area (Å²) in [7, 11) is 1.54. The monoisotopic (exact) mass is 470 g/mol. The molecular formula is C22H23FN6OS2. The topological polar surface area (TPSA) is 90.9 Å². The van der Waals surface area contributed by atoms with Crippen LogP contribution in [0.3, 0.4) is 0 Å². The molecule has 0 radical (unpaired) electrons. The van der Waals surface area contributed by atoms with Gasteiger partial charge in [-0.1, -0.05) is 0 Å². The molecule has 0 atom stereocenters. The lowest BCUT2D eigenvalue weighted by molar-refractivity contribution is 0.343.